The van der Waals surface area contributed by atoms with Gasteiger partial charge in [0, 0.05) is 12.1 Å². The molecule has 4 nitrogen and oxygen atoms in total. The first-order valence-electron chi connectivity index (χ1n) is 4.54. The van der Waals surface area contributed by atoms with Gasteiger partial charge in [-0.1, -0.05) is 12.1 Å². The number of alkyl halides is 3. The van der Waals surface area contributed by atoms with Crippen molar-refractivity contribution in [3.8, 4) is 0 Å². The number of hydrogen-bond acceptors (Lipinski definition) is 2. The summed E-state index contributed by atoms with van der Waals surface area (Å²) < 4.78 is 35.6. The van der Waals surface area contributed by atoms with Gasteiger partial charge >= 0.3 is 12.1 Å². The van der Waals surface area contributed by atoms with E-state index in [1.54, 1.807) is 5.32 Å². The van der Waals surface area contributed by atoms with Crippen LogP contribution in [0.5, 0.6) is 0 Å². The zero-order chi connectivity index (χ0) is 13.1. The molecule has 0 unspecified atom stereocenters. The van der Waals surface area contributed by atoms with Gasteiger partial charge in [0.2, 0.25) is 5.91 Å². The van der Waals surface area contributed by atoms with Crippen LogP contribution in [0.25, 0.3) is 0 Å². The summed E-state index contributed by atoms with van der Waals surface area (Å²) >= 11 is 0. The van der Waals surface area contributed by atoms with E-state index in [0.717, 1.165) is 0 Å². The molecule has 0 aliphatic rings. The number of primary amides is 1. The van der Waals surface area contributed by atoms with E-state index in [-0.39, 0.29) is 12.1 Å². The monoisotopic (exact) mass is 246 g/mol. The summed E-state index contributed by atoms with van der Waals surface area (Å²) in [7, 11) is 0. The molecule has 0 bridgehead atoms. The molecule has 0 spiro atoms. The number of rotatable bonds is 3. The molecule has 1 rings (SSSR count). The van der Waals surface area contributed by atoms with Crippen LogP contribution in [0.3, 0.4) is 0 Å². The predicted molar refractivity (Wildman–Crippen MR) is 52.9 cm³/mol. The maximum Gasteiger partial charge on any atom is 0.471 e. The second-order valence-electron chi connectivity index (χ2n) is 3.25. The minimum Gasteiger partial charge on any atom is -0.366 e. The van der Waals surface area contributed by atoms with Gasteiger partial charge in [-0.2, -0.15) is 13.2 Å². The van der Waals surface area contributed by atoms with Crippen LogP contribution in [0.2, 0.25) is 0 Å². The first-order chi connectivity index (χ1) is 7.80. The molecule has 0 aromatic heterocycles. The molecule has 0 radical (unpaired) electrons. The summed E-state index contributed by atoms with van der Waals surface area (Å²) in [6.07, 6.45) is -4.92. The third kappa shape index (κ3) is 3.78. The van der Waals surface area contributed by atoms with Crippen LogP contribution >= 0.6 is 0 Å². The molecule has 0 aliphatic heterocycles. The molecule has 7 heteroatoms. The molecule has 17 heavy (non-hydrogen) atoms. The van der Waals surface area contributed by atoms with Crippen molar-refractivity contribution in [1.29, 1.82) is 0 Å². The van der Waals surface area contributed by atoms with Gasteiger partial charge in [0.1, 0.15) is 0 Å². The van der Waals surface area contributed by atoms with E-state index in [9.17, 15) is 22.8 Å². The van der Waals surface area contributed by atoms with Crippen LogP contribution in [0, 0.1) is 0 Å². The highest BCUT2D eigenvalue weighted by Crippen LogP contribution is 2.14. The number of benzene rings is 1. The molecule has 1 aromatic carbocycles. The maximum atomic E-state index is 11.9. The molecule has 2 amide bonds. The fraction of sp³-hybridized carbons (Fsp3) is 0.200. The topological polar surface area (TPSA) is 72.2 Å². The van der Waals surface area contributed by atoms with E-state index in [0.29, 0.717) is 5.56 Å². The molecular formula is C10H9F3N2O2. The molecule has 0 heterocycles. The summed E-state index contributed by atoms with van der Waals surface area (Å²) in [5, 5.41) is 1.69. The molecule has 0 saturated carbocycles. The minimum absolute atomic E-state index is 0.170. The molecule has 0 aliphatic carbocycles. The normalized spacial score (nSPS) is 11.0. The van der Waals surface area contributed by atoms with Gasteiger partial charge in [-0.15, -0.1) is 0 Å². The fourth-order valence-corrected chi connectivity index (χ4v) is 1.12. The standard InChI is InChI=1S/C10H9F3N2O2/c11-10(12,13)9(17)15-5-6-2-1-3-7(4-6)8(14)16/h1-4H,5H2,(H2,14,16)(H,15,17). The van der Waals surface area contributed by atoms with Crippen LogP contribution < -0.4 is 11.1 Å². The number of halogens is 3. The molecule has 92 valence electrons. The summed E-state index contributed by atoms with van der Waals surface area (Å²) in [5.74, 6) is -2.71. The van der Waals surface area contributed by atoms with Gasteiger partial charge in [-0.05, 0) is 17.7 Å². The fourth-order valence-electron chi connectivity index (χ4n) is 1.12. The smallest absolute Gasteiger partial charge is 0.366 e. The van der Waals surface area contributed by atoms with Crippen molar-refractivity contribution >= 4 is 11.8 Å². The number of carbonyl (C=O) groups excluding carboxylic acids is 2. The van der Waals surface area contributed by atoms with Crippen LogP contribution in [-0.4, -0.2) is 18.0 Å². The highest BCUT2D eigenvalue weighted by molar-refractivity contribution is 5.92. The molecule has 1 aromatic rings. The Bertz CT molecular complexity index is 443. The van der Waals surface area contributed by atoms with E-state index in [1.165, 1.54) is 24.3 Å². The van der Waals surface area contributed by atoms with Crippen LogP contribution in [0.1, 0.15) is 15.9 Å². The van der Waals surface area contributed by atoms with Crippen molar-refractivity contribution in [2.45, 2.75) is 12.7 Å². The Morgan fingerprint density at radius 3 is 2.47 bits per heavy atom. The zero-order valence-electron chi connectivity index (χ0n) is 8.54. The average molecular weight is 246 g/mol. The lowest BCUT2D eigenvalue weighted by atomic mass is 10.1. The van der Waals surface area contributed by atoms with Gasteiger partial charge in [0.05, 0.1) is 0 Å². The summed E-state index contributed by atoms with van der Waals surface area (Å²) in [4.78, 5) is 21.3. The van der Waals surface area contributed by atoms with Crippen molar-refractivity contribution in [1.82, 2.24) is 5.32 Å². The lowest BCUT2D eigenvalue weighted by Gasteiger charge is -2.08. The van der Waals surface area contributed by atoms with Gasteiger partial charge < -0.3 is 11.1 Å². The van der Waals surface area contributed by atoms with Crippen LogP contribution in [0.4, 0.5) is 13.2 Å². The van der Waals surface area contributed by atoms with Gasteiger partial charge in [0.25, 0.3) is 0 Å². The quantitative estimate of drug-likeness (QED) is 0.833. The lowest BCUT2D eigenvalue weighted by molar-refractivity contribution is -0.173. The first kappa shape index (κ1) is 13.0. The van der Waals surface area contributed by atoms with E-state index >= 15 is 0 Å². The third-order valence-electron chi connectivity index (χ3n) is 1.92. The second-order valence-corrected chi connectivity index (χ2v) is 3.25. The van der Waals surface area contributed by atoms with Crippen molar-refractivity contribution in [3.05, 3.63) is 35.4 Å². The van der Waals surface area contributed by atoms with E-state index in [2.05, 4.69) is 0 Å². The van der Waals surface area contributed by atoms with Crippen molar-refractivity contribution in [2.75, 3.05) is 0 Å². The lowest BCUT2D eigenvalue weighted by Crippen LogP contribution is -2.36. The maximum absolute atomic E-state index is 11.9. The Labute approximate surface area is 94.6 Å². The van der Waals surface area contributed by atoms with Gasteiger partial charge in [-0.3, -0.25) is 9.59 Å². The zero-order valence-corrected chi connectivity index (χ0v) is 8.54. The first-order valence-corrected chi connectivity index (χ1v) is 4.54. The van der Waals surface area contributed by atoms with E-state index in [1.807, 2.05) is 0 Å². The Morgan fingerprint density at radius 1 is 1.29 bits per heavy atom. The molecule has 0 saturated heterocycles. The van der Waals surface area contributed by atoms with E-state index < -0.39 is 18.0 Å². The number of nitrogens with one attached hydrogen (secondary N) is 1. The Balaban J connectivity index is 2.67. The van der Waals surface area contributed by atoms with Gasteiger partial charge in [0.15, 0.2) is 0 Å². The third-order valence-corrected chi connectivity index (χ3v) is 1.92. The number of carbonyl (C=O) groups is 2. The molecule has 3 N–H and O–H groups in total. The Hall–Kier alpha value is -2.05. The summed E-state index contributed by atoms with van der Waals surface area (Å²) in [6.45, 7) is -0.320. The highest BCUT2D eigenvalue weighted by Gasteiger charge is 2.38. The predicted octanol–water partition coefficient (Wildman–Crippen LogP) is 0.964. The minimum atomic E-state index is -4.92. The Kier molecular flexibility index (Phi) is 3.72. The molecular weight excluding hydrogens is 237 g/mol. The number of amides is 2. The Morgan fingerprint density at radius 2 is 1.94 bits per heavy atom. The summed E-state index contributed by atoms with van der Waals surface area (Å²) in [5.41, 5.74) is 5.53. The summed E-state index contributed by atoms with van der Waals surface area (Å²) in [6, 6.07) is 5.69. The van der Waals surface area contributed by atoms with Crippen LogP contribution in [0.15, 0.2) is 24.3 Å². The van der Waals surface area contributed by atoms with Crippen molar-refractivity contribution in [3.63, 3.8) is 0 Å². The highest BCUT2D eigenvalue weighted by atomic mass is 19.4. The van der Waals surface area contributed by atoms with Crippen molar-refractivity contribution < 1.29 is 22.8 Å². The number of hydrogen-bond donors (Lipinski definition) is 2. The van der Waals surface area contributed by atoms with Gasteiger partial charge in [-0.25, -0.2) is 0 Å². The average Bonchev–Trinajstić information content (AvgIpc) is 2.25. The number of nitrogens with two attached hydrogens (primary N) is 1. The van der Waals surface area contributed by atoms with Crippen molar-refractivity contribution in [2.24, 2.45) is 5.73 Å². The second kappa shape index (κ2) is 4.86. The molecule has 0 fully saturated rings. The van der Waals surface area contributed by atoms with Crippen LogP contribution in [-0.2, 0) is 11.3 Å². The largest absolute Gasteiger partial charge is 0.471 e. The SMILES string of the molecule is NC(=O)c1cccc(CNC(=O)C(F)(F)F)c1. The van der Waals surface area contributed by atoms with E-state index in [4.69, 9.17) is 5.73 Å². The molecule has 0 atom stereocenters.